The second-order valence-electron chi connectivity index (χ2n) is 8.14. The van der Waals surface area contributed by atoms with Crippen molar-refractivity contribution in [2.24, 2.45) is 0 Å². The average Bonchev–Trinajstić information content (AvgIpc) is 3.43. The molecule has 0 spiro atoms. The van der Waals surface area contributed by atoms with E-state index < -0.39 is 15.8 Å². The molecule has 2 heterocycles. The van der Waals surface area contributed by atoms with Crippen LogP contribution in [0.15, 0.2) is 46.7 Å². The monoisotopic (exact) mass is 490 g/mol. The van der Waals surface area contributed by atoms with Crippen molar-refractivity contribution in [2.75, 3.05) is 22.7 Å². The van der Waals surface area contributed by atoms with Crippen LogP contribution < -0.4 is 9.62 Å². The first-order chi connectivity index (χ1) is 15.7. The minimum Gasteiger partial charge on any atom is -0.369 e. The quantitative estimate of drug-likeness (QED) is 0.446. The number of Topliss-reactive ketones (excluding diaryl/α,β-unsaturated/α-hetero) is 1. The number of carbonyl (C=O) groups excluding carboxylic acids is 1. The molecule has 1 aliphatic heterocycles. The standard InChI is InChI=1S/C24H24F2N2O3S2/c1-15-13-20(26)23(28-10-3-4-11-28)16(2)19(15)14-22(29)24-21(9-12-32-24)27-33(30,31)18-7-5-17(25)6-8-18/h5-9,12-13,27H,3-4,10-11,14H2,1-2H3. The highest BCUT2D eigenvalue weighted by atomic mass is 32.2. The fourth-order valence-electron chi connectivity index (χ4n) is 4.23. The first-order valence-electron chi connectivity index (χ1n) is 10.6. The Balaban J connectivity index is 1.60. The SMILES string of the molecule is Cc1cc(F)c(N2CCCC2)c(C)c1CC(=O)c1sccc1NS(=O)(=O)c1ccc(F)cc1. The molecule has 0 unspecified atom stereocenters. The van der Waals surface area contributed by atoms with Crippen molar-refractivity contribution in [3.05, 3.63) is 75.0 Å². The van der Waals surface area contributed by atoms with Crippen LogP contribution in [-0.4, -0.2) is 27.3 Å². The van der Waals surface area contributed by atoms with E-state index in [2.05, 4.69) is 4.72 Å². The number of hydrogen-bond donors (Lipinski definition) is 1. The molecule has 1 N–H and O–H groups in total. The summed E-state index contributed by atoms with van der Waals surface area (Å²) < 4.78 is 55.7. The molecular formula is C24H24F2N2O3S2. The van der Waals surface area contributed by atoms with Gasteiger partial charge in [0.2, 0.25) is 0 Å². The zero-order valence-electron chi connectivity index (χ0n) is 18.3. The summed E-state index contributed by atoms with van der Waals surface area (Å²) in [5, 5.41) is 1.63. The van der Waals surface area contributed by atoms with Crippen molar-refractivity contribution in [1.82, 2.24) is 0 Å². The average molecular weight is 491 g/mol. The lowest BCUT2D eigenvalue weighted by molar-refractivity contribution is 0.0997. The predicted octanol–water partition coefficient (Wildman–Crippen LogP) is 5.47. The van der Waals surface area contributed by atoms with Gasteiger partial charge < -0.3 is 4.90 Å². The molecule has 1 aliphatic rings. The van der Waals surface area contributed by atoms with Gasteiger partial charge in [-0.05, 0) is 85.2 Å². The summed E-state index contributed by atoms with van der Waals surface area (Å²) in [6, 6.07) is 7.45. The molecule has 1 saturated heterocycles. The first-order valence-corrected chi connectivity index (χ1v) is 13.0. The van der Waals surface area contributed by atoms with Crippen LogP contribution in [-0.2, 0) is 16.4 Å². The normalized spacial score (nSPS) is 14.0. The smallest absolute Gasteiger partial charge is 0.261 e. The Morgan fingerprint density at radius 2 is 1.76 bits per heavy atom. The second-order valence-corrected chi connectivity index (χ2v) is 10.7. The molecular weight excluding hydrogens is 466 g/mol. The van der Waals surface area contributed by atoms with Crippen LogP contribution in [0.5, 0.6) is 0 Å². The Bertz CT molecular complexity index is 1300. The number of anilines is 2. The van der Waals surface area contributed by atoms with Crippen molar-refractivity contribution in [1.29, 1.82) is 0 Å². The number of hydrogen-bond acceptors (Lipinski definition) is 5. The Kier molecular flexibility index (Phi) is 6.54. The minimum atomic E-state index is -3.99. The van der Waals surface area contributed by atoms with E-state index in [0.29, 0.717) is 11.3 Å². The Morgan fingerprint density at radius 1 is 1.09 bits per heavy atom. The third-order valence-corrected chi connectivity index (χ3v) is 8.24. The van der Waals surface area contributed by atoms with Gasteiger partial charge in [0.1, 0.15) is 11.6 Å². The van der Waals surface area contributed by atoms with Gasteiger partial charge in [0.05, 0.1) is 21.1 Å². The Hall–Kier alpha value is -2.78. The van der Waals surface area contributed by atoms with Crippen molar-refractivity contribution < 1.29 is 22.0 Å². The summed E-state index contributed by atoms with van der Waals surface area (Å²) in [5.41, 5.74) is 2.90. The number of carbonyl (C=O) groups is 1. The third kappa shape index (κ3) is 4.79. The van der Waals surface area contributed by atoms with Gasteiger partial charge >= 0.3 is 0 Å². The maximum atomic E-state index is 14.8. The second kappa shape index (κ2) is 9.23. The van der Waals surface area contributed by atoms with Gasteiger partial charge in [-0.25, -0.2) is 17.2 Å². The minimum absolute atomic E-state index is 0.0323. The summed E-state index contributed by atoms with van der Waals surface area (Å²) >= 11 is 1.14. The zero-order chi connectivity index (χ0) is 23.8. The van der Waals surface area contributed by atoms with E-state index in [1.54, 1.807) is 12.3 Å². The van der Waals surface area contributed by atoms with E-state index in [4.69, 9.17) is 0 Å². The molecule has 0 bridgehead atoms. The fourth-order valence-corrected chi connectivity index (χ4v) is 6.15. The molecule has 0 atom stereocenters. The van der Waals surface area contributed by atoms with Crippen LogP contribution in [0, 0.1) is 25.5 Å². The largest absolute Gasteiger partial charge is 0.369 e. The molecule has 0 amide bonds. The van der Waals surface area contributed by atoms with Crippen LogP contribution in [0.2, 0.25) is 0 Å². The van der Waals surface area contributed by atoms with E-state index in [0.717, 1.165) is 72.7 Å². The molecule has 3 aromatic rings. The highest BCUT2D eigenvalue weighted by Crippen LogP contribution is 2.34. The Labute approximate surface area is 196 Å². The molecule has 4 rings (SSSR count). The molecule has 5 nitrogen and oxygen atoms in total. The summed E-state index contributed by atoms with van der Waals surface area (Å²) in [4.78, 5) is 15.4. The molecule has 33 heavy (non-hydrogen) atoms. The number of ketones is 1. The number of aryl methyl sites for hydroxylation is 1. The number of thiophene rings is 1. The molecule has 0 aliphatic carbocycles. The highest BCUT2D eigenvalue weighted by Gasteiger charge is 2.25. The van der Waals surface area contributed by atoms with Crippen LogP contribution in [0.3, 0.4) is 0 Å². The van der Waals surface area contributed by atoms with Crippen LogP contribution in [0.1, 0.15) is 39.2 Å². The summed E-state index contributed by atoms with van der Waals surface area (Å²) in [6.45, 7) is 5.18. The van der Waals surface area contributed by atoms with E-state index in [-0.39, 0.29) is 33.5 Å². The predicted molar refractivity (Wildman–Crippen MR) is 127 cm³/mol. The maximum absolute atomic E-state index is 14.8. The molecule has 174 valence electrons. The van der Waals surface area contributed by atoms with Crippen molar-refractivity contribution in [2.45, 2.75) is 38.0 Å². The number of rotatable bonds is 7. The molecule has 2 aromatic carbocycles. The third-order valence-electron chi connectivity index (χ3n) is 5.90. The van der Waals surface area contributed by atoms with Gasteiger partial charge in [-0.2, -0.15) is 0 Å². The lowest BCUT2D eigenvalue weighted by Crippen LogP contribution is -2.21. The molecule has 1 fully saturated rings. The fraction of sp³-hybridized carbons (Fsp3) is 0.292. The van der Waals surface area contributed by atoms with Gasteiger partial charge in [-0.1, -0.05) is 0 Å². The number of nitrogens with one attached hydrogen (secondary N) is 1. The number of benzene rings is 2. The van der Waals surface area contributed by atoms with Crippen molar-refractivity contribution >= 4 is 38.5 Å². The van der Waals surface area contributed by atoms with Gasteiger partial charge in [0.25, 0.3) is 10.0 Å². The summed E-state index contributed by atoms with van der Waals surface area (Å²) in [6.07, 6.45) is 2.05. The van der Waals surface area contributed by atoms with E-state index in [9.17, 15) is 22.0 Å². The van der Waals surface area contributed by atoms with E-state index in [1.807, 2.05) is 11.8 Å². The van der Waals surface area contributed by atoms with Crippen molar-refractivity contribution in [3.8, 4) is 0 Å². The molecule has 1 aromatic heterocycles. The van der Waals surface area contributed by atoms with Crippen LogP contribution >= 0.6 is 11.3 Å². The highest BCUT2D eigenvalue weighted by molar-refractivity contribution is 7.92. The number of nitrogens with zero attached hydrogens (tertiary/aromatic N) is 1. The van der Waals surface area contributed by atoms with Gasteiger partial charge in [0, 0.05) is 19.5 Å². The van der Waals surface area contributed by atoms with Crippen LogP contribution in [0.25, 0.3) is 0 Å². The molecule has 9 heteroatoms. The van der Waals surface area contributed by atoms with E-state index in [1.165, 1.54) is 12.1 Å². The number of halogens is 2. The van der Waals surface area contributed by atoms with Gasteiger partial charge in [-0.3, -0.25) is 9.52 Å². The Morgan fingerprint density at radius 3 is 2.42 bits per heavy atom. The molecule has 0 saturated carbocycles. The summed E-state index contributed by atoms with van der Waals surface area (Å²) in [5.74, 6) is -1.09. The topological polar surface area (TPSA) is 66.5 Å². The number of sulfonamides is 1. The van der Waals surface area contributed by atoms with Gasteiger partial charge in [0.15, 0.2) is 5.78 Å². The van der Waals surface area contributed by atoms with Crippen LogP contribution in [0.4, 0.5) is 20.2 Å². The van der Waals surface area contributed by atoms with Gasteiger partial charge in [-0.15, -0.1) is 11.3 Å². The summed E-state index contributed by atoms with van der Waals surface area (Å²) in [7, 11) is -3.99. The van der Waals surface area contributed by atoms with E-state index >= 15 is 0 Å². The molecule has 0 radical (unpaired) electrons. The zero-order valence-corrected chi connectivity index (χ0v) is 20.0. The first kappa shape index (κ1) is 23.4. The lowest BCUT2D eigenvalue weighted by atomic mass is 9.95. The maximum Gasteiger partial charge on any atom is 0.261 e. The lowest BCUT2D eigenvalue weighted by Gasteiger charge is -2.24. The van der Waals surface area contributed by atoms with Crippen molar-refractivity contribution in [3.63, 3.8) is 0 Å².